The van der Waals surface area contributed by atoms with Gasteiger partial charge in [-0.05, 0) is 55.3 Å². The van der Waals surface area contributed by atoms with Crippen molar-refractivity contribution in [1.82, 2.24) is 10.2 Å². The van der Waals surface area contributed by atoms with Crippen LogP contribution >= 0.6 is 11.6 Å². The van der Waals surface area contributed by atoms with E-state index in [1.54, 1.807) is 0 Å². The van der Waals surface area contributed by atoms with Crippen molar-refractivity contribution in [2.24, 2.45) is 5.92 Å². The van der Waals surface area contributed by atoms with E-state index in [4.69, 9.17) is 16.0 Å². The van der Waals surface area contributed by atoms with Gasteiger partial charge in [0.05, 0.1) is 13.1 Å². The lowest BCUT2D eigenvalue weighted by atomic mass is 10.2. The van der Waals surface area contributed by atoms with Crippen LogP contribution in [-0.2, 0) is 11.3 Å². The summed E-state index contributed by atoms with van der Waals surface area (Å²) >= 11 is 5.89. The number of amides is 1. The summed E-state index contributed by atoms with van der Waals surface area (Å²) in [5.41, 5.74) is 0.970. The van der Waals surface area contributed by atoms with Gasteiger partial charge in [0.2, 0.25) is 5.91 Å². The van der Waals surface area contributed by atoms with E-state index in [0.29, 0.717) is 24.0 Å². The number of nitrogens with zero attached hydrogens (tertiary/aromatic N) is 1. The van der Waals surface area contributed by atoms with Crippen LogP contribution < -0.4 is 5.32 Å². The summed E-state index contributed by atoms with van der Waals surface area (Å²) in [6.45, 7) is 5.12. The maximum absolute atomic E-state index is 12.0. The Bertz CT molecular complexity index is 666. The lowest BCUT2D eigenvalue weighted by molar-refractivity contribution is -0.122. The van der Waals surface area contributed by atoms with E-state index in [9.17, 15) is 4.79 Å². The molecule has 1 aliphatic rings. The first-order chi connectivity index (χ1) is 11.1. The number of likely N-dealkylation sites (tertiary alicyclic amines) is 1. The van der Waals surface area contributed by atoms with Gasteiger partial charge in [-0.2, -0.15) is 0 Å². The van der Waals surface area contributed by atoms with Crippen LogP contribution in [0.4, 0.5) is 0 Å². The molecule has 3 rings (SSSR count). The second-order valence-electron chi connectivity index (χ2n) is 6.18. The molecule has 1 unspecified atom stereocenters. The molecule has 1 fully saturated rings. The number of benzene rings is 1. The molecule has 1 amide bonds. The monoisotopic (exact) mass is 332 g/mol. The van der Waals surface area contributed by atoms with Gasteiger partial charge in [0.25, 0.3) is 0 Å². The van der Waals surface area contributed by atoms with Crippen LogP contribution in [0.15, 0.2) is 40.8 Å². The van der Waals surface area contributed by atoms with Gasteiger partial charge in [0.1, 0.15) is 11.5 Å². The number of halogens is 1. The fourth-order valence-electron chi connectivity index (χ4n) is 2.86. The summed E-state index contributed by atoms with van der Waals surface area (Å²) < 4.78 is 5.78. The maximum Gasteiger partial charge on any atom is 0.234 e. The highest BCUT2D eigenvalue weighted by Crippen LogP contribution is 2.23. The summed E-state index contributed by atoms with van der Waals surface area (Å²) in [5, 5.41) is 3.62. The van der Waals surface area contributed by atoms with Crippen LogP contribution in [0.25, 0.3) is 11.3 Å². The van der Waals surface area contributed by atoms with Gasteiger partial charge in [0, 0.05) is 17.1 Å². The third-order valence-electron chi connectivity index (χ3n) is 4.13. The Morgan fingerprint density at radius 2 is 2.09 bits per heavy atom. The zero-order valence-electron chi connectivity index (χ0n) is 13.2. The molecule has 0 spiro atoms. The number of hydrogen-bond donors (Lipinski definition) is 1. The molecular formula is C18H21ClN2O2. The zero-order chi connectivity index (χ0) is 16.2. The van der Waals surface area contributed by atoms with Gasteiger partial charge in [-0.3, -0.25) is 9.69 Å². The molecule has 23 heavy (non-hydrogen) atoms. The molecule has 122 valence electrons. The predicted molar refractivity (Wildman–Crippen MR) is 91.2 cm³/mol. The summed E-state index contributed by atoms with van der Waals surface area (Å²) in [6.07, 6.45) is 1.18. The van der Waals surface area contributed by atoms with E-state index in [1.807, 2.05) is 36.4 Å². The average molecular weight is 333 g/mol. The Morgan fingerprint density at radius 3 is 2.78 bits per heavy atom. The molecule has 2 heterocycles. The Kier molecular flexibility index (Phi) is 5.03. The first-order valence-corrected chi connectivity index (χ1v) is 8.31. The van der Waals surface area contributed by atoms with Crippen molar-refractivity contribution in [3.05, 3.63) is 47.2 Å². The number of carbonyl (C=O) groups is 1. The highest BCUT2D eigenvalue weighted by molar-refractivity contribution is 6.30. The smallest absolute Gasteiger partial charge is 0.234 e. The topological polar surface area (TPSA) is 45.5 Å². The van der Waals surface area contributed by atoms with Crippen molar-refractivity contribution in [1.29, 1.82) is 0 Å². The number of rotatable bonds is 5. The first kappa shape index (κ1) is 16.1. The molecule has 1 aromatic carbocycles. The van der Waals surface area contributed by atoms with Crippen LogP contribution in [0.1, 0.15) is 19.1 Å². The van der Waals surface area contributed by atoms with E-state index in [1.165, 1.54) is 6.42 Å². The van der Waals surface area contributed by atoms with Crippen molar-refractivity contribution >= 4 is 17.5 Å². The molecule has 4 nitrogen and oxygen atoms in total. The van der Waals surface area contributed by atoms with Crippen LogP contribution in [0.2, 0.25) is 5.02 Å². The van der Waals surface area contributed by atoms with Gasteiger partial charge in [0.15, 0.2) is 0 Å². The molecule has 0 aliphatic carbocycles. The average Bonchev–Trinajstić information content (AvgIpc) is 3.15. The van der Waals surface area contributed by atoms with Crippen LogP contribution in [-0.4, -0.2) is 30.4 Å². The van der Waals surface area contributed by atoms with Crippen molar-refractivity contribution in [2.45, 2.75) is 19.9 Å². The minimum Gasteiger partial charge on any atom is -0.459 e. The summed E-state index contributed by atoms with van der Waals surface area (Å²) in [5.74, 6) is 2.26. The van der Waals surface area contributed by atoms with Gasteiger partial charge in [-0.15, -0.1) is 0 Å². The summed E-state index contributed by atoms with van der Waals surface area (Å²) in [6, 6.07) is 11.3. The molecule has 0 bridgehead atoms. The second-order valence-corrected chi connectivity index (χ2v) is 6.61. The quantitative estimate of drug-likeness (QED) is 0.910. The van der Waals surface area contributed by atoms with Gasteiger partial charge >= 0.3 is 0 Å². The van der Waals surface area contributed by atoms with Crippen LogP contribution in [0.3, 0.4) is 0 Å². The Hall–Kier alpha value is -1.78. The highest BCUT2D eigenvalue weighted by Gasteiger charge is 2.20. The molecular weight excluding hydrogens is 312 g/mol. The molecule has 1 atom stereocenters. The third-order valence-corrected chi connectivity index (χ3v) is 4.38. The SMILES string of the molecule is CC1CCN(CC(=O)NCc2ccc(-c3ccc(Cl)cc3)o2)C1. The lowest BCUT2D eigenvalue weighted by Crippen LogP contribution is -2.35. The van der Waals surface area contributed by atoms with E-state index in [-0.39, 0.29) is 5.91 Å². The molecule has 0 saturated carbocycles. The minimum atomic E-state index is 0.0449. The number of nitrogens with one attached hydrogen (secondary N) is 1. The van der Waals surface area contributed by atoms with Crippen LogP contribution in [0.5, 0.6) is 0 Å². The highest BCUT2D eigenvalue weighted by atomic mass is 35.5. The Balaban J connectivity index is 1.51. The van der Waals surface area contributed by atoms with Gasteiger partial charge < -0.3 is 9.73 Å². The molecule has 1 saturated heterocycles. The van der Waals surface area contributed by atoms with Gasteiger partial charge in [-0.25, -0.2) is 0 Å². The van der Waals surface area contributed by atoms with Gasteiger partial charge in [-0.1, -0.05) is 18.5 Å². The van der Waals surface area contributed by atoms with Crippen molar-refractivity contribution in [2.75, 3.05) is 19.6 Å². The molecule has 1 aromatic heterocycles. The zero-order valence-corrected chi connectivity index (χ0v) is 14.0. The molecule has 1 aliphatic heterocycles. The van der Waals surface area contributed by atoms with Crippen molar-refractivity contribution in [3.8, 4) is 11.3 Å². The largest absolute Gasteiger partial charge is 0.459 e. The summed E-state index contributed by atoms with van der Waals surface area (Å²) in [4.78, 5) is 14.2. The molecule has 5 heteroatoms. The minimum absolute atomic E-state index is 0.0449. The standard InChI is InChI=1S/C18H21ClN2O2/c1-13-8-9-21(11-13)12-18(22)20-10-16-6-7-17(23-16)14-2-4-15(19)5-3-14/h2-7,13H,8-12H2,1H3,(H,20,22). The third kappa shape index (κ3) is 4.36. The second kappa shape index (κ2) is 7.20. The summed E-state index contributed by atoms with van der Waals surface area (Å²) in [7, 11) is 0. The normalized spacial score (nSPS) is 18.3. The van der Waals surface area contributed by atoms with E-state index in [0.717, 1.165) is 30.2 Å². The van der Waals surface area contributed by atoms with E-state index < -0.39 is 0 Å². The fraction of sp³-hybridized carbons (Fsp3) is 0.389. The van der Waals surface area contributed by atoms with Crippen molar-refractivity contribution < 1.29 is 9.21 Å². The molecule has 0 radical (unpaired) electrons. The Morgan fingerprint density at radius 1 is 1.30 bits per heavy atom. The molecule has 2 aromatic rings. The fourth-order valence-corrected chi connectivity index (χ4v) is 2.98. The first-order valence-electron chi connectivity index (χ1n) is 7.94. The Labute approximate surface area is 141 Å². The number of furan rings is 1. The van der Waals surface area contributed by atoms with E-state index in [2.05, 4.69) is 17.1 Å². The molecule has 1 N–H and O–H groups in total. The van der Waals surface area contributed by atoms with Crippen LogP contribution in [0, 0.1) is 5.92 Å². The van der Waals surface area contributed by atoms with E-state index >= 15 is 0 Å². The predicted octanol–water partition coefficient (Wildman–Crippen LogP) is 3.56. The number of carbonyl (C=O) groups excluding carboxylic acids is 1. The lowest BCUT2D eigenvalue weighted by Gasteiger charge is -2.14. The number of hydrogen-bond acceptors (Lipinski definition) is 3. The maximum atomic E-state index is 12.0. The van der Waals surface area contributed by atoms with Crippen molar-refractivity contribution in [3.63, 3.8) is 0 Å².